The van der Waals surface area contributed by atoms with Gasteiger partial charge in [-0.25, -0.2) is 0 Å². The number of anilines is 1. The van der Waals surface area contributed by atoms with Crippen LogP contribution < -0.4 is 15.4 Å². The minimum absolute atomic E-state index is 0.0762. The summed E-state index contributed by atoms with van der Waals surface area (Å²) in [7, 11) is 1.62. The van der Waals surface area contributed by atoms with Crippen molar-refractivity contribution in [3.63, 3.8) is 0 Å². The molecule has 1 atom stereocenters. The summed E-state index contributed by atoms with van der Waals surface area (Å²) in [4.78, 5) is 13.1. The van der Waals surface area contributed by atoms with Gasteiger partial charge in [-0.15, -0.1) is 0 Å². The van der Waals surface area contributed by atoms with E-state index in [4.69, 9.17) is 4.74 Å². The van der Waals surface area contributed by atoms with Gasteiger partial charge < -0.3 is 15.4 Å². The number of hydrogen-bond acceptors (Lipinski definition) is 3. The zero-order valence-corrected chi connectivity index (χ0v) is 16.8. The van der Waals surface area contributed by atoms with Gasteiger partial charge in [0.1, 0.15) is 11.8 Å². The SMILES string of the molecule is COc1ccc(C)cc1NC(=O)[C@@H](NCCC1=CCCCC1)c1ccccc1. The second-order valence-electron chi connectivity index (χ2n) is 7.35. The van der Waals surface area contributed by atoms with Crippen molar-refractivity contribution >= 4 is 11.6 Å². The Hall–Kier alpha value is -2.59. The molecule has 2 aromatic rings. The summed E-state index contributed by atoms with van der Waals surface area (Å²) < 4.78 is 5.40. The summed E-state index contributed by atoms with van der Waals surface area (Å²) in [5.74, 6) is 0.589. The van der Waals surface area contributed by atoms with Crippen LogP contribution in [0.25, 0.3) is 0 Å². The maximum Gasteiger partial charge on any atom is 0.246 e. The maximum absolute atomic E-state index is 13.1. The van der Waals surface area contributed by atoms with E-state index in [9.17, 15) is 4.79 Å². The maximum atomic E-state index is 13.1. The number of ether oxygens (including phenoxy) is 1. The minimum atomic E-state index is -0.407. The fourth-order valence-electron chi connectivity index (χ4n) is 3.64. The Balaban J connectivity index is 1.72. The molecule has 28 heavy (non-hydrogen) atoms. The number of aryl methyl sites for hydroxylation is 1. The van der Waals surface area contributed by atoms with E-state index < -0.39 is 6.04 Å². The van der Waals surface area contributed by atoms with Crippen molar-refractivity contribution < 1.29 is 9.53 Å². The molecule has 148 valence electrons. The van der Waals surface area contributed by atoms with Gasteiger partial charge >= 0.3 is 0 Å². The van der Waals surface area contributed by atoms with Crippen LogP contribution in [0.5, 0.6) is 5.75 Å². The number of allylic oxidation sites excluding steroid dienone is 1. The number of carbonyl (C=O) groups is 1. The molecule has 0 spiro atoms. The lowest BCUT2D eigenvalue weighted by Gasteiger charge is -2.21. The van der Waals surface area contributed by atoms with Gasteiger partial charge in [0, 0.05) is 0 Å². The van der Waals surface area contributed by atoms with Crippen LogP contribution >= 0.6 is 0 Å². The van der Waals surface area contributed by atoms with Crippen LogP contribution in [0.15, 0.2) is 60.2 Å². The van der Waals surface area contributed by atoms with Crippen LogP contribution in [0.3, 0.4) is 0 Å². The summed E-state index contributed by atoms with van der Waals surface area (Å²) >= 11 is 0. The summed E-state index contributed by atoms with van der Waals surface area (Å²) in [6, 6.07) is 15.3. The molecule has 0 radical (unpaired) electrons. The van der Waals surface area contributed by atoms with Crippen molar-refractivity contribution in [1.29, 1.82) is 0 Å². The van der Waals surface area contributed by atoms with Gasteiger partial charge in [-0.05, 0) is 68.8 Å². The lowest BCUT2D eigenvalue weighted by molar-refractivity contribution is -0.118. The third-order valence-electron chi connectivity index (χ3n) is 5.19. The highest BCUT2D eigenvalue weighted by molar-refractivity contribution is 5.96. The monoisotopic (exact) mass is 378 g/mol. The molecule has 1 aliphatic rings. The molecule has 1 amide bonds. The number of rotatable bonds is 8. The second kappa shape index (κ2) is 10.1. The molecule has 0 unspecified atom stereocenters. The molecular formula is C24H30N2O2. The summed E-state index contributed by atoms with van der Waals surface area (Å²) in [5, 5.41) is 6.51. The van der Waals surface area contributed by atoms with Crippen molar-refractivity contribution in [2.75, 3.05) is 19.0 Å². The molecule has 0 fully saturated rings. The predicted octanol–water partition coefficient (Wildman–Crippen LogP) is 5.16. The highest BCUT2D eigenvalue weighted by Crippen LogP contribution is 2.27. The van der Waals surface area contributed by atoms with E-state index in [0.717, 1.165) is 24.1 Å². The van der Waals surface area contributed by atoms with E-state index in [-0.39, 0.29) is 5.91 Å². The molecule has 0 saturated heterocycles. The Morgan fingerprint density at radius 3 is 2.68 bits per heavy atom. The largest absolute Gasteiger partial charge is 0.495 e. The van der Waals surface area contributed by atoms with Crippen molar-refractivity contribution in [1.82, 2.24) is 5.32 Å². The number of amides is 1. The first kappa shape index (κ1) is 20.2. The van der Waals surface area contributed by atoms with Crippen LogP contribution in [-0.2, 0) is 4.79 Å². The van der Waals surface area contributed by atoms with Gasteiger partial charge in [-0.2, -0.15) is 0 Å². The first-order valence-corrected chi connectivity index (χ1v) is 10.1. The fourth-order valence-corrected chi connectivity index (χ4v) is 3.64. The van der Waals surface area contributed by atoms with Gasteiger partial charge in [0.25, 0.3) is 0 Å². The second-order valence-corrected chi connectivity index (χ2v) is 7.35. The van der Waals surface area contributed by atoms with Crippen LogP contribution in [0, 0.1) is 6.92 Å². The molecule has 4 nitrogen and oxygen atoms in total. The molecule has 0 heterocycles. The van der Waals surface area contributed by atoms with Crippen molar-refractivity contribution in [2.45, 2.75) is 45.1 Å². The molecule has 0 aromatic heterocycles. The van der Waals surface area contributed by atoms with Gasteiger partial charge in [0.2, 0.25) is 5.91 Å². The van der Waals surface area contributed by atoms with E-state index >= 15 is 0 Å². The standard InChI is InChI=1S/C24H30N2O2/c1-18-13-14-22(28-2)21(17-18)26-24(27)23(20-11-7-4-8-12-20)25-16-15-19-9-5-3-6-10-19/h4,7-9,11-14,17,23,25H,3,5-6,10,15-16H2,1-2H3,(H,26,27)/t23-/m0/s1. The topological polar surface area (TPSA) is 50.4 Å². The minimum Gasteiger partial charge on any atom is -0.495 e. The summed E-state index contributed by atoms with van der Waals surface area (Å²) in [6.45, 7) is 2.78. The van der Waals surface area contributed by atoms with Crippen molar-refractivity contribution in [3.8, 4) is 5.75 Å². The zero-order valence-electron chi connectivity index (χ0n) is 16.8. The molecular weight excluding hydrogens is 348 g/mol. The fraction of sp³-hybridized carbons (Fsp3) is 0.375. The first-order valence-electron chi connectivity index (χ1n) is 10.1. The van der Waals surface area contributed by atoms with Gasteiger partial charge in [-0.1, -0.05) is 48.0 Å². The number of carbonyl (C=O) groups excluding carboxylic acids is 1. The molecule has 0 bridgehead atoms. The average molecular weight is 379 g/mol. The number of benzene rings is 2. The molecule has 2 aromatic carbocycles. The lowest BCUT2D eigenvalue weighted by atomic mass is 9.97. The Labute approximate surface area is 168 Å². The Kier molecular flexibility index (Phi) is 7.26. The quantitative estimate of drug-likeness (QED) is 0.624. The highest BCUT2D eigenvalue weighted by Gasteiger charge is 2.21. The van der Waals surface area contributed by atoms with Crippen LogP contribution in [0.1, 0.15) is 49.3 Å². The van der Waals surface area contributed by atoms with Crippen LogP contribution in [-0.4, -0.2) is 19.6 Å². The molecule has 2 N–H and O–H groups in total. The normalized spacial score (nSPS) is 14.9. The van der Waals surface area contributed by atoms with Crippen LogP contribution in [0.2, 0.25) is 0 Å². The van der Waals surface area contributed by atoms with E-state index in [0.29, 0.717) is 11.4 Å². The smallest absolute Gasteiger partial charge is 0.246 e. The third-order valence-corrected chi connectivity index (χ3v) is 5.19. The average Bonchev–Trinajstić information content (AvgIpc) is 2.73. The van der Waals surface area contributed by atoms with Gasteiger partial charge in [-0.3, -0.25) is 4.79 Å². The van der Waals surface area contributed by atoms with E-state index in [2.05, 4.69) is 16.7 Å². The van der Waals surface area contributed by atoms with E-state index in [1.807, 2.05) is 55.5 Å². The Morgan fingerprint density at radius 2 is 1.96 bits per heavy atom. The number of methoxy groups -OCH3 is 1. The summed E-state index contributed by atoms with van der Waals surface area (Å²) in [6.07, 6.45) is 8.30. The molecule has 0 saturated carbocycles. The van der Waals surface area contributed by atoms with Gasteiger partial charge in [0.05, 0.1) is 12.8 Å². The van der Waals surface area contributed by atoms with E-state index in [1.54, 1.807) is 7.11 Å². The molecule has 0 aliphatic heterocycles. The Bertz CT molecular complexity index is 815. The predicted molar refractivity (Wildman–Crippen MR) is 115 cm³/mol. The number of hydrogen-bond donors (Lipinski definition) is 2. The molecule has 3 rings (SSSR count). The lowest BCUT2D eigenvalue weighted by Crippen LogP contribution is -2.34. The zero-order chi connectivity index (χ0) is 19.8. The van der Waals surface area contributed by atoms with Crippen LogP contribution in [0.4, 0.5) is 5.69 Å². The van der Waals surface area contributed by atoms with Crippen molar-refractivity contribution in [3.05, 3.63) is 71.3 Å². The Morgan fingerprint density at radius 1 is 1.14 bits per heavy atom. The van der Waals surface area contributed by atoms with Crippen molar-refractivity contribution in [2.24, 2.45) is 0 Å². The van der Waals surface area contributed by atoms with E-state index in [1.165, 1.54) is 31.3 Å². The van der Waals surface area contributed by atoms with Gasteiger partial charge in [0.15, 0.2) is 0 Å². The molecule has 4 heteroatoms. The highest BCUT2D eigenvalue weighted by atomic mass is 16.5. The third kappa shape index (κ3) is 5.46. The number of nitrogens with one attached hydrogen (secondary N) is 2. The molecule has 1 aliphatic carbocycles. The first-order chi connectivity index (χ1) is 13.7. The summed E-state index contributed by atoms with van der Waals surface area (Å²) in [5.41, 5.74) is 4.24.